The number of unbranched alkanes of at least 4 members (excludes halogenated alkanes) is 6. The summed E-state index contributed by atoms with van der Waals surface area (Å²) in [7, 11) is 0. The highest BCUT2D eigenvalue weighted by Gasteiger charge is 2.28. The van der Waals surface area contributed by atoms with Crippen LogP contribution >= 0.6 is 0 Å². The molecule has 0 aliphatic heterocycles. The maximum absolute atomic E-state index is 12.0. The van der Waals surface area contributed by atoms with Crippen LogP contribution in [-0.2, 0) is 4.74 Å². The molecule has 0 aliphatic carbocycles. The van der Waals surface area contributed by atoms with E-state index < -0.39 is 12.8 Å². The quantitative estimate of drug-likeness (QED) is 0.252. The molecule has 152 valence electrons. The molecule has 0 saturated heterocycles. The van der Waals surface area contributed by atoms with E-state index in [1.165, 1.54) is 57.8 Å². The average Bonchev–Trinajstić information content (AvgIpc) is 2.50. The van der Waals surface area contributed by atoms with Crippen molar-refractivity contribution in [3.05, 3.63) is 0 Å². The Balaban J connectivity index is 3.36. The third-order valence-electron chi connectivity index (χ3n) is 4.82. The lowest BCUT2D eigenvalue weighted by Crippen LogP contribution is -2.21. The first kappa shape index (κ1) is 24.8. The van der Waals surface area contributed by atoms with Crippen LogP contribution in [0.15, 0.2) is 0 Å². The highest BCUT2D eigenvalue weighted by atomic mass is 19.4. The second-order valence-corrected chi connectivity index (χ2v) is 8.22. The minimum Gasteiger partial charge on any atom is -0.369 e. The highest BCUT2D eigenvalue weighted by Crippen LogP contribution is 2.20. The molecule has 0 aromatic heterocycles. The first-order valence-corrected chi connectivity index (χ1v) is 10.4. The standard InChI is InChI=1S/C21H41F3O/c1-18(2)13-9-6-5-7-10-14-19(3)15-11-8-12-16-20(4)25-17-21(22,23)24/h18-20H,5-17H2,1-4H3. The van der Waals surface area contributed by atoms with Gasteiger partial charge in [-0.2, -0.15) is 13.2 Å². The highest BCUT2D eigenvalue weighted by molar-refractivity contribution is 4.58. The van der Waals surface area contributed by atoms with Gasteiger partial charge in [0.1, 0.15) is 6.61 Å². The molecule has 0 bridgehead atoms. The third-order valence-corrected chi connectivity index (χ3v) is 4.82. The van der Waals surface area contributed by atoms with Crippen molar-refractivity contribution in [3.63, 3.8) is 0 Å². The SMILES string of the molecule is CC(C)CCCCCCCC(C)CCCCCC(C)OCC(F)(F)F. The molecular formula is C21H41F3O. The Morgan fingerprint density at radius 2 is 1.08 bits per heavy atom. The first-order chi connectivity index (χ1) is 11.7. The van der Waals surface area contributed by atoms with E-state index >= 15 is 0 Å². The van der Waals surface area contributed by atoms with Crippen molar-refractivity contribution in [2.75, 3.05) is 6.61 Å². The number of rotatable bonds is 16. The van der Waals surface area contributed by atoms with E-state index in [2.05, 4.69) is 20.8 Å². The molecule has 4 heteroatoms. The summed E-state index contributed by atoms with van der Waals surface area (Å²) in [6.07, 6.45) is 10.2. The second-order valence-electron chi connectivity index (χ2n) is 8.22. The largest absolute Gasteiger partial charge is 0.411 e. The third kappa shape index (κ3) is 19.9. The summed E-state index contributed by atoms with van der Waals surface area (Å²) in [5, 5.41) is 0. The van der Waals surface area contributed by atoms with Gasteiger partial charge in [0, 0.05) is 0 Å². The van der Waals surface area contributed by atoms with E-state index in [9.17, 15) is 13.2 Å². The molecule has 0 heterocycles. The number of hydrogen-bond donors (Lipinski definition) is 0. The first-order valence-electron chi connectivity index (χ1n) is 10.4. The molecule has 2 unspecified atom stereocenters. The summed E-state index contributed by atoms with van der Waals surface area (Å²) < 4.78 is 40.9. The minimum atomic E-state index is -4.21. The van der Waals surface area contributed by atoms with Gasteiger partial charge < -0.3 is 4.74 Å². The molecule has 0 rings (SSSR count). The van der Waals surface area contributed by atoms with Crippen molar-refractivity contribution >= 4 is 0 Å². The average molecular weight is 367 g/mol. The maximum atomic E-state index is 12.0. The summed E-state index contributed by atoms with van der Waals surface area (Å²) >= 11 is 0. The van der Waals surface area contributed by atoms with Crippen LogP contribution in [0.4, 0.5) is 13.2 Å². The number of hydrogen-bond acceptors (Lipinski definition) is 1. The number of ether oxygens (including phenoxy) is 1. The smallest absolute Gasteiger partial charge is 0.369 e. The molecular weight excluding hydrogens is 325 g/mol. The van der Waals surface area contributed by atoms with Crippen molar-refractivity contribution in [2.45, 2.75) is 117 Å². The predicted molar refractivity (Wildman–Crippen MR) is 101 cm³/mol. The molecule has 2 atom stereocenters. The van der Waals surface area contributed by atoms with Crippen LogP contribution < -0.4 is 0 Å². The molecule has 0 spiro atoms. The molecule has 0 aliphatic rings. The fourth-order valence-corrected chi connectivity index (χ4v) is 3.14. The summed E-state index contributed by atoms with van der Waals surface area (Å²) in [5.74, 6) is 1.61. The Labute approximate surface area is 154 Å². The van der Waals surface area contributed by atoms with Gasteiger partial charge in [-0.05, 0) is 25.2 Å². The van der Waals surface area contributed by atoms with Crippen molar-refractivity contribution in [3.8, 4) is 0 Å². The summed E-state index contributed by atoms with van der Waals surface area (Å²) in [6.45, 7) is 7.52. The van der Waals surface area contributed by atoms with Crippen LogP contribution in [0.2, 0.25) is 0 Å². The lowest BCUT2D eigenvalue weighted by atomic mass is 9.95. The van der Waals surface area contributed by atoms with Gasteiger partial charge in [-0.1, -0.05) is 91.4 Å². The molecule has 0 radical (unpaired) electrons. The Bertz CT molecular complexity index is 289. The zero-order valence-electron chi connectivity index (χ0n) is 17.0. The van der Waals surface area contributed by atoms with Gasteiger partial charge in [-0.3, -0.25) is 0 Å². The molecule has 0 saturated carbocycles. The Kier molecular flexibility index (Phi) is 14.7. The van der Waals surface area contributed by atoms with Gasteiger partial charge in [0.2, 0.25) is 0 Å². The Morgan fingerprint density at radius 1 is 0.640 bits per heavy atom. The van der Waals surface area contributed by atoms with Crippen molar-refractivity contribution in [1.29, 1.82) is 0 Å². The van der Waals surface area contributed by atoms with Gasteiger partial charge in [0.05, 0.1) is 6.10 Å². The minimum absolute atomic E-state index is 0.297. The molecule has 25 heavy (non-hydrogen) atoms. The van der Waals surface area contributed by atoms with Gasteiger partial charge in [-0.25, -0.2) is 0 Å². The van der Waals surface area contributed by atoms with Crippen LogP contribution in [0.1, 0.15) is 105 Å². The molecule has 0 aromatic rings. The van der Waals surface area contributed by atoms with Crippen LogP contribution in [0.3, 0.4) is 0 Å². The van der Waals surface area contributed by atoms with E-state index in [0.717, 1.165) is 31.1 Å². The summed E-state index contributed by atoms with van der Waals surface area (Å²) in [5.41, 5.74) is 0. The van der Waals surface area contributed by atoms with Crippen molar-refractivity contribution in [1.82, 2.24) is 0 Å². The molecule has 0 N–H and O–H groups in total. The topological polar surface area (TPSA) is 9.23 Å². The number of halogens is 3. The van der Waals surface area contributed by atoms with Crippen LogP contribution in [0, 0.1) is 11.8 Å². The van der Waals surface area contributed by atoms with Crippen LogP contribution in [-0.4, -0.2) is 18.9 Å². The van der Waals surface area contributed by atoms with Gasteiger partial charge in [-0.15, -0.1) is 0 Å². The summed E-state index contributed by atoms with van der Waals surface area (Å²) in [6, 6.07) is 0. The lowest BCUT2D eigenvalue weighted by Gasteiger charge is -2.15. The fourth-order valence-electron chi connectivity index (χ4n) is 3.14. The maximum Gasteiger partial charge on any atom is 0.411 e. The van der Waals surface area contributed by atoms with E-state index in [-0.39, 0.29) is 6.10 Å². The van der Waals surface area contributed by atoms with E-state index in [0.29, 0.717) is 0 Å². The Hall–Kier alpha value is -0.250. The van der Waals surface area contributed by atoms with E-state index in [1.807, 2.05) is 0 Å². The van der Waals surface area contributed by atoms with Crippen LogP contribution in [0.25, 0.3) is 0 Å². The van der Waals surface area contributed by atoms with Gasteiger partial charge >= 0.3 is 6.18 Å². The molecule has 0 fully saturated rings. The second kappa shape index (κ2) is 14.9. The zero-order chi connectivity index (χ0) is 19.1. The molecule has 1 nitrogen and oxygen atoms in total. The normalized spacial score (nSPS) is 14.9. The van der Waals surface area contributed by atoms with Crippen molar-refractivity contribution < 1.29 is 17.9 Å². The molecule has 0 aromatic carbocycles. The van der Waals surface area contributed by atoms with E-state index in [4.69, 9.17) is 4.74 Å². The van der Waals surface area contributed by atoms with Gasteiger partial charge in [0.15, 0.2) is 0 Å². The zero-order valence-corrected chi connectivity index (χ0v) is 17.0. The molecule has 0 amide bonds. The van der Waals surface area contributed by atoms with Crippen LogP contribution in [0.5, 0.6) is 0 Å². The van der Waals surface area contributed by atoms with Gasteiger partial charge in [0.25, 0.3) is 0 Å². The predicted octanol–water partition coefficient (Wildman–Crippen LogP) is 7.93. The lowest BCUT2D eigenvalue weighted by molar-refractivity contribution is -0.184. The van der Waals surface area contributed by atoms with Crippen molar-refractivity contribution in [2.24, 2.45) is 11.8 Å². The Morgan fingerprint density at radius 3 is 1.60 bits per heavy atom. The van der Waals surface area contributed by atoms with E-state index in [1.54, 1.807) is 6.92 Å². The fraction of sp³-hybridized carbons (Fsp3) is 1.00. The monoisotopic (exact) mass is 366 g/mol. The number of alkyl halides is 3. The summed E-state index contributed by atoms with van der Waals surface area (Å²) in [4.78, 5) is 0.